The molecule has 1 saturated heterocycles. The number of aromatic amines is 1. The maximum Gasteiger partial charge on any atom is 0.248 e. The lowest BCUT2D eigenvalue weighted by atomic mass is 9.73. The van der Waals surface area contributed by atoms with Crippen molar-refractivity contribution >= 4 is 28.4 Å². The summed E-state index contributed by atoms with van der Waals surface area (Å²) in [5.74, 6) is 0.277. The van der Waals surface area contributed by atoms with Crippen molar-refractivity contribution in [3.8, 4) is 0 Å². The number of carbonyl (C=O) groups excluding carboxylic acids is 2. The van der Waals surface area contributed by atoms with E-state index >= 15 is 0 Å². The molecule has 2 aliphatic carbocycles. The number of hydrogen-bond donors (Lipinski definition) is 1. The largest absolute Gasteiger partial charge is 0.322 e. The second kappa shape index (κ2) is 6.14. The second-order valence-electron chi connectivity index (χ2n) is 9.02. The van der Waals surface area contributed by atoms with Crippen molar-refractivity contribution in [3.05, 3.63) is 76.1 Å². The van der Waals surface area contributed by atoms with Crippen molar-refractivity contribution < 1.29 is 9.59 Å². The Hall–Kier alpha value is -3.21. The molecule has 5 atom stereocenters. The van der Waals surface area contributed by atoms with Gasteiger partial charge in [0.05, 0.1) is 23.0 Å². The third-order valence-corrected chi connectivity index (χ3v) is 7.53. The Balaban J connectivity index is 1.38. The van der Waals surface area contributed by atoms with Crippen molar-refractivity contribution in [2.45, 2.75) is 25.7 Å². The monoisotopic (exact) mass is 398 g/mol. The van der Waals surface area contributed by atoms with Gasteiger partial charge >= 0.3 is 0 Å². The van der Waals surface area contributed by atoms with Crippen molar-refractivity contribution in [2.24, 2.45) is 23.7 Å². The Morgan fingerprint density at radius 1 is 0.900 bits per heavy atom. The molecule has 2 aromatic carbocycles. The van der Waals surface area contributed by atoms with E-state index in [2.05, 4.69) is 17.1 Å². The van der Waals surface area contributed by atoms with E-state index < -0.39 is 0 Å². The van der Waals surface area contributed by atoms with Crippen LogP contribution in [0.1, 0.15) is 29.9 Å². The standard InChI is InChI=1S/C25H22N2O3/c1-13-9-21(28)26-20-12-16(7-8-17(13)20)27-24(29)22-15-10-18(14-5-3-2-4-6-14)19(11-15)23(22)25(27)30/h2-9,12,15,18-19,22-23H,10-11H2,1H3,(H,26,28). The minimum Gasteiger partial charge on any atom is -0.322 e. The van der Waals surface area contributed by atoms with E-state index in [1.54, 1.807) is 12.1 Å². The van der Waals surface area contributed by atoms with Gasteiger partial charge in [-0.3, -0.25) is 14.4 Å². The molecule has 2 saturated carbocycles. The molecule has 6 rings (SSSR count). The van der Waals surface area contributed by atoms with Crippen LogP contribution < -0.4 is 10.5 Å². The number of hydrogen-bond acceptors (Lipinski definition) is 3. The van der Waals surface area contributed by atoms with Gasteiger partial charge in [0, 0.05) is 11.5 Å². The number of nitrogens with one attached hydrogen (secondary N) is 1. The average molecular weight is 398 g/mol. The normalized spacial score (nSPS) is 29.8. The third kappa shape index (κ3) is 2.32. The first kappa shape index (κ1) is 17.6. The van der Waals surface area contributed by atoms with E-state index in [1.807, 2.05) is 37.3 Å². The Bertz CT molecular complexity index is 1260. The number of anilines is 1. The van der Waals surface area contributed by atoms with Crippen LogP contribution in [0.2, 0.25) is 0 Å². The number of aromatic nitrogens is 1. The van der Waals surface area contributed by atoms with Crippen molar-refractivity contribution in [1.82, 2.24) is 4.98 Å². The van der Waals surface area contributed by atoms with Crippen LogP contribution in [0.25, 0.3) is 10.9 Å². The molecule has 5 unspecified atom stereocenters. The van der Waals surface area contributed by atoms with Gasteiger partial charge in [0.25, 0.3) is 0 Å². The number of pyridine rings is 1. The summed E-state index contributed by atoms with van der Waals surface area (Å²) in [7, 11) is 0. The number of rotatable bonds is 2. The van der Waals surface area contributed by atoms with Crippen molar-refractivity contribution in [2.75, 3.05) is 4.90 Å². The molecule has 2 heterocycles. The van der Waals surface area contributed by atoms with E-state index in [0.717, 1.165) is 23.8 Å². The number of aryl methyl sites for hydroxylation is 1. The molecule has 1 N–H and O–H groups in total. The Morgan fingerprint density at radius 2 is 1.67 bits per heavy atom. The van der Waals surface area contributed by atoms with Gasteiger partial charge in [0.15, 0.2) is 0 Å². The highest BCUT2D eigenvalue weighted by atomic mass is 16.2. The molecule has 5 nitrogen and oxygen atoms in total. The average Bonchev–Trinajstić information content (AvgIpc) is 3.39. The number of fused-ring (bicyclic) bond motifs is 6. The van der Waals surface area contributed by atoms with Gasteiger partial charge in [-0.15, -0.1) is 0 Å². The quantitative estimate of drug-likeness (QED) is 0.668. The maximum absolute atomic E-state index is 13.5. The zero-order valence-electron chi connectivity index (χ0n) is 16.7. The van der Waals surface area contributed by atoms with Gasteiger partial charge in [-0.2, -0.15) is 0 Å². The van der Waals surface area contributed by atoms with Crippen LogP contribution in [-0.2, 0) is 9.59 Å². The highest BCUT2D eigenvalue weighted by molar-refractivity contribution is 6.23. The predicted octanol–water partition coefficient (Wildman–Crippen LogP) is 3.77. The fraction of sp³-hybridized carbons (Fsp3) is 0.320. The van der Waals surface area contributed by atoms with E-state index in [4.69, 9.17) is 0 Å². The number of H-pyrrole nitrogens is 1. The van der Waals surface area contributed by atoms with E-state index in [0.29, 0.717) is 17.1 Å². The van der Waals surface area contributed by atoms with Crippen molar-refractivity contribution in [1.29, 1.82) is 0 Å². The first-order chi connectivity index (χ1) is 14.5. The minimum absolute atomic E-state index is 0.0710. The molecule has 1 aromatic heterocycles. The molecule has 3 aliphatic rings. The zero-order valence-corrected chi connectivity index (χ0v) is 16.7. The summed E-state index contributed by atoms with van der Waals surface area (Å²) in [5, 5.41) is 0.918. The molecule has 3 aromatic rings. The van der Waals surface area contributed by atoms with Crippen LogP contribution >= 0.6 is 0 Å². The highest BCUT2D eigenvalue weighted by Crippen LogP contribution is 2.61. The molecule has 150 valence electrons. The highest BCUT2D eigenvalue weighted by Gasteiger charge is 2.64. The van der Waals surface area contributed by atoms with Crippen LogP contribution in [0.5, 0.6) is 0 Å². The van der Waals surface area contributed by atoms with Crippen LogP contribution in [-0.4, -0.2) is 16.8 Å². The second-order valence-corrected chi connectivity index (χ2v) is 9.02. The summed E-state index contributed by atoms with van der Waals surface area (Å²) < 4.78 is 0. The first-order valence-electron chi connectivity index (χ1n) is 10.6. The summed E-state index contributed by atoms with van der Waals surface area (Å²) in [6.07, 6.45) is 1.94. The van der Waals surface area contributed by atoms with Gasteiger partial charge < -0.3 is 4.98 Å². The molecule has 0 spiro atoms. The van der Waals surface area contributed by atoms with Gasteiger partial charge in [-0.1, -0.05) is 36.4 Å². The third-order valence-electron chi connectivity index (χ3n) is 7.53. The Morgan fingerprint density at radius 3 is 2.47 bits per heavy atom. The number of carbonyl (C=O) groups is 2. The molecule has 2 bridgehead atoms. The van der Waals surface area contributed by atoms with Gasteiger partial charge in [-0.25, -0.2) is 4.90 Å². The van der Waals surface area contributed by atoms with Gasteiger partial charge in [0.2, 0.25) is 17.4 Å². The van der Waals surface area contributed by atoms with Gasteiger partial charge in [-0.05, 0) is 60.8 Å². The van der Waals surface area contributed by atoms with Crippen LogP contribution in [0.15, 0.2) is 59.4 Å². The summed E-state index contributed by atoms with van der Waals surface area (Å²) in [4.78, 5) is 42.9. The van der Waals surface area contributed by atoms with Crippen LogP contribution in [0, 0.1) is 30.6 Å². The fourth-order valence-electron chi connectivity index (χ4n) is 6.36. The topological polar surface area (TPSA) is 70.2 Å². The molecular formula is C25H22N2O3. The molecule has 5 heteroatoms. The molecular weight excluding hydrogens is 376 g/mol. The minimum atomic E-state index is -0.228. The molecule has 3 fully saturated rings. The number of benzene rings is 2. The first-order valence-corrected chi connectivity index (χ1v) is 10.6. The van der Waals surface area contributed by atoms with Crippen LogP contribution in [0.3, 0.4) is 0 Å². The summed E-state index contributed by atoms with van der Waals surface area (Å²) in [5.41, 5.74) is 3.18. The SMILES string of the molecule is Cc1cc(=O)[nH]c2cc(N3C(=O)C4C5CC(c6ccccc6)C(C5)C4C3=O)ccc12. The Kier molecular flexibility index (Phi) is 3.61. The molecule has 1 aliphatic heterocycles. The lowest BCUT2D eigenvalue weighted by molar-refractivity contribution is -0.123. The molecule has 0 radical (unpaired) electrons. The molecule has 2 amide bonds. The van der Waals surface area contributed by atoms with Crippen molar-refractivity contribution in [3.63, 3.8) is 0 Å². The summed E-state index contributed by atoms with van der Waals surface area (Å²) in [6, 6.07) is 17.4. The lowest BCUT2D eigenvalue weighted by Crippen LogP contribution is -2.33. The lowest BCUT2D eigenvalue weighted by Gasteiger charge is -2.28. The van der Waals surface area contributed by atoms with E-state index in [9.17, 15) is 14.4 Å². The number of imide groups is 1. The number of nitrogens with zero attached hydrogens (tertiary/aromatic N) is 1. The summed E-state index contributed by atoms with van der Waals surface area (Å²) in [6.45, 7) is 1.88. The van der Waals surface area contributed by atoms with E-state index in [1.165, 1.54) is 10.5 Å². The number of amides is 2. The molecule has 30 heavy (non-hydrogen) atoms. The summed E-state index contributed by atoms with van der Waals surface area (Å²) >= 11 is 0. The maximum atomic E-state index is 13.5. The zero-order chi connectivity index (χ0) is 20.6. The Labute approximate surface area is 173 Å². The van der Waals surface area contributed by atoms with Crippen LogP contribution in [0.4, 0.5) is 5.69 Å². The fourth-order valence-corrected chi connectivity index (χ4v) is 6.36. The van der Waals surface area contributed by atoms with Gasteiger partial charge in [0.1, 0.15) is 0 Å². The van der Waals surface area contributed by atoms with E-state index in [-0.39, 0.29) is 41.0 Å². The smallest absolute Gasteiger partial charge is 0.248 e. The predicted molar refractivity (Wildman–Crippen MR) is 114 cm³/mol.